The number of rotatable bonds is 6. The number of aromatic nitrogens is 5. The molecule has 0 atom stereocenters. The van der Waals surface area contributed by atoms with Gasteiger partial charge in [0, 0.05) is 18.0 Å². The normalized spacial score (nSPS) is 11.3. The molecule has 0 N–H and O–H groups in total. The number of hydrogen-bond acceptors (Lipinski definition) is 6. The Labute approximate surface area is 187 Å². The molecule has 31 heavy (non-hydrogen) atoms. The third kappa shape index (κ3) is 3.68. The Hall–Kier alpha value is -3.23. The Morgan fingerprint density at radius 1 is 1.03 bits per heavy atom. The van der Waals surface area contributed by atoms with Crippen LogP contribution in [0.25, 0.3) is 26.6 Å². The largest absolute Gasteiger partial charge is 0.304 e. The van der Waals surface area contributed by atoms with Gasteiger partial charge in [-0.3, -0.25) is 4.79 Å². The van der Waals surface area contributed by atoms with E-state index in [0.29, 0.717) is 11.3 Å². The first-order valence-corrected chi connectivity index (χ1v) is 11.6. The molecule has 0 aliphatic rings. The van der Waals surface area contributed by atoms with Crippen LogP contribution in [-0.4, -0.2) is 36.1 Å². The molecule has 0 bridgehead atoms. The Bertz CT molecular complexity index is 1370. The van der Waals surface area contributed by atoms with Gasteiger partial charge in [0.15, 0.2) is 16.8 Å². The average Bonchev–Trinajstić information content (AvgIpc) is 3.48. The molecule has 0 saturated carbocycles. The number of hydrogen-bond donors (Lipinski definition) is 0. The molecular weight excluding hydrogens is 426 g/mol. The van der Waals surface area contributed by atoms with Gasteiger partial charge in [0.1, 0.15) is 4.83 Å². The number of thioether (sulfide) groups is 1. The molecule has 0 saturated heterocycles. The van der Waals surface area contributed by atoms with Gasteiger partial charge in [-0.15, -0.1) is 21.5 Å². The third-order valence-electron chi connectivity index (χ3n) is 5.03. The standard InChI is InChI=1S/C23H19N5OS2/c1-15-18-13-20(31-22(18)28(26-15)17-11-7-4-8-12-17)21-24-25-23(27(21)2)30-14-19(29)16-9-5-3-6-10-16/h3-13H,14H2,1-2H3. The Balaban J connectivity index is 1.42. The number of carbonyl (C=O) groups excluding carboxylic acids is 1. The van der Waals surface area contributed by atoms with Crippen LogP contribution in [0.4, 0.5) is 0 Å². The third-order valence-corrected chi connectivity index (χ3v) is 7.16. The highest BCUT2D eigenvalue weighted by atomic mass is 32.2. The van der Waals surface area contributed by atoms with Crippen LogP contribution in [0.3, 0.4) is 0 Å². The molecule has 2 aromatic carbocycles. The molecule has 0 fully saturated rings. The summed E-state index contributed by atoms with van der Waals surface area (Å²) in [6.07, 6.45) is 0. The molecule has 5 aromatic rings. The first kappa shape index (κ1) is 19.7. The van der Waals surface area contributed by atoms with E-state index in [1.807, 2.05) is 83.9 Å². The van der Waals surface area contributed by atoms with Gasteiger partial charge in [-0.2, -0.15) is 5.10 Å². The van der Waals surface area contributed by atoms with Crippen LogP contribution in [0.5, 0.6) is 0 Å². The van der Waals surface area contributed by atoms with Crippen molar-refractivity contribution < 1.29 is 4.79 Å². The number of nitrogens with zero attached hydrogens (tertiary/aromatic N) is 5. The van der Waals surface area contributed by atoms with E-state index in [0.717, 1.165) is 37.5 Å². The van der Waals surface area contributed by atoms with Gasteiger partial charge in [-0.05, 0) is 25.1 Å². The summed E-state index contributed by atoms with van der Waals surface area (Å²) in [5, 5.41) is 15.3. The topological polar surface area (TPSA) is 65.6 Å². The zero-order valence-corrected chi connectivity index (χ0v) is 18.7. The number of thiophene rings is 1. The van der Waals surface area contributed by atoms with Crippen LogP contribution in [0.1, 0.15) is 16.1 Å². The van der Waals surface area contributed by atoms with E-state index in [1.165, 1.54) is 11.8 Å². The lowest BCUT2D eigenvalue weighted by molar-refractivity contribution is 0.102. The van der Waals surface area contributed by atoms with Crippen LogP contribution in [0, 0.1) is 6.92 Å². The number of fused-ring (bicyclic) bond motifs is 1. The highest BCUT2D eigenvalue weighted by Crippen LogP contribution is 2.36. The van der Waals surface area contributed by atoms with E-state index in [2.05, 4.69) is 16.3 Å². The number of carbonyl (C=O) groups is 1. The van der Waals surface area contributed by atoms with Crippen molar-refractivity contribution in [1.82, 2.24) is 24.5 Å². The molecule has 3 aromatic heterocycles. The lowest BCUT2D eigenvalue weighted by Crippen LogP contribution is -2.03. The van der Waals surface area contributed by atoms with Gasteiger partial charge in [-0.25, -0.2) is 4.68 Å². The van der Waals surface area contributed by atoms with Crippen LogP contribution in [0.15, 0.2) is 71.9 Å². The fourth-order valence-corrected chi connectivity index (χ4v) is 5.40. The molecule has 8 heteroatoms. The van der Waals surface area contributed by atoms with E-state index < -0.39 is 0 Å². The van der Waals surface area contributed by atoms with Gasteiger partial charge in [0.25, 0.3) is 0 Å². The van der Waals surface area contributed by atoms with Crippen LogP contribution in [-0.2, 0) is 7.05 Å². The fraction of sp³-hybridized carbons (Fsp3) is 0.130. The quantitative estimate of drug-likeness (QED) is 0.267. The summed E-state index contributed by atoms with van der Waals surface area (Å²) in [6.45, 7) is 2.02. The molecule has 0 amide bonds. The minimum absolute atomic E-state index is 0.0792. The maximum atomic E-state index is 12.4. The first-order valence-electron chi connectivity index (χ1n) is 9.77. The number of para-hydroxylation sites is 1. The zero-order chi connectivity index (χ0) is 21.4. The van der Waals surface area contributed by atoms with Crippen molar-refractivity contribution in [2.24, 2.45) is 7.05 Å². The van der Waals surface area contributed by atoms with E-state index in [-0.39, 0.29) is 5.78 Å². The first-order chi connectivity index (χ1) is 15.1. The lowest BCUT2D eigenvalue weighted by atomic mass is 10.2. The van der Waals surface area contributed by atoms with Crippen molar-refractivity contribution in [3.8, 4) is 16.4 Å². The highest BCUT2D eigenvalue weighted by Gasteiger charge is 2.19. The Morgan fingerprint density at radius 3 is 2.48 bits per heavy atom. The Morgan fingerprint density at radius 2 is 1.74 bits per heavy atom. The van der Waals surface area contributed by atoms with Crippen molar-refractivity contribution in [2.45, 2.75) is 12.1 Å². The zero-order valence-electron chi connectivity index (χ0n) is 17.0. The summed E-state index contributed by atoms with van der Waals surface area (Å²) in [7, 11) is 1.94. The lowest BCUT2D eigenvalue weighted by Gasteiger charge is -2.03. The number of ketones is 1. The summed E-state index contributed by atoms with van der Waals surface area (Å²) < 4.78 is 3.92. The average molecular weight is 446 g/mol. The molecular formula is C23H19N5OS2. The molecule has 0 spiro atoms. The van der Waals surface area contributed by atoms with Gasteiger partial charge >= 0.3 is 0 Å². The van der Waals surface area contributed by atoms with Gasteiger partial charge in [0.2, 0.25) is 0 Å². The molecule has 3 heterocycles. The molecule has 6 nitrogen and oxygen atoms in total. The van der Waals surface area contributed by atoms with E-state index in [1.54, 1.807) is 11.3 Å². The van der Waals surface area contributed by atoms with Crippen LogP contribution >= 0.6 is 23.1 Å². The number of benzene rings is 2. The van der Waals surface area contributed by atoms with Crippen LogP contribution in [0.2, 0.25) is 0 Å². The van der Waals surface area contributed by atoms with Crippen molar-refractivity contribution in [3.05, 3.63) is 78.0 Å². The van der Waals surface area contributed by atoms with E-state index in [9.17, 15) is 4.79 Å². The monoisotopic (exact) mass is 445 g/mol. The van der Waals surface area contributed by atoms with Crippen molar-refractivity contribution in [2.75, 3.05) is 5.75 Å². The van der Waals surface area contributed by atoms with E-state index >= 15 is 0 Å². The van der Waals surface area contributed by atoms with Crippen molar-refractivity contribution >= 4 is 39.1 Å². The molecule has 154 valence electrons. The fourth-order valence-electron chi connectivity index (χ4n) is 3.39. The number of Topliss-reactive ketones (excluding diaryl/α,β-unsaturated/α-hetero) is 1. The van der Waals surface area contributed by atoms with E-state index in [4.69, 9.17) is 5.10 Å². The van der Waals surface area contributed by atoms with Crippen molar-refractivity contribution in [1.29, 1.82) is 0 Å². The maximum Gasteiger partial charge on any atom is 0.191 e. The molecule has 0 radical (unpaired) electrons. The molecule has 0 aliphatic carbocycles. The predicted molar refractivity (Wildman–Crippen MR) is 125 cm³/mol. The second-order valence-corrected chi connectivity index (χ2v) is 9.08. The smallest absolute Gasteiger partial charge is 0.191 e. The molecule has 5 rings (SSSR count). The summed E-state index contributed by atoms with van der Waals surface area (Å²) >= 11 is 3.05. The van der Waals surface area contributed by atoms with Gasteiger partial charge in [0.05, 0.1) is 22.0 Å². The Kier molecular flexibility index (Phi) is 5.17. The molecule has 0 unspecified atom stereocenters. The summed E-state index contributed by atoms with van der Waals surface area (Å²) in [4.78, 5) is 14.5. The van der Waals surface area contributed by atoms with Gasteiger partial charge < -0.3 is 4.57 Å². The van der Waals surface area contributed by atoms with Crippen molar-refractivity contribution in [3.63, 3.8) is 0 Å². The summed E-state index contributed by atoms with van der Waals surface area (Å²) in [6, 6.07) is 21.6. The minimum atomic E-state index is 0.0792. The predicted octanol–water partition coefficient (Wildman–Crippen LogP) is 5.17. The van der Waals surface area contributed by atoms with Gasteiger partial charge in [-0.1, -0.05) is 60.3 Å². The summed E-state index contributed by atoms with van der Waals surface area (Å²) in [5.74, 6) is 1.19. The minimum Gasteiger partial charge on any atom is -0.304 e. The highest BCUT2D eigenvalue weighted by molar-refractivity contribution is 7.99. The molecule has 0 aliphatic heterocycles. The second kappa shape index (κ2) is 8.13. The number of aryl methyl sites for hydroxylation is 1. The second-order valence-electron chi connectivity index (χ2n) is 7.11. The maximum absolute atomic E-state index is 12.4. The SMILES string of the molecule is Cc1nn(-c2ccccc2)c2sc(-c3nnc(SCC(=O)c4ccccc4)n3C)cc12. The summed E-state index contributed by atoms with van der Waals surface area (Å²) in [5.41, 5.74) is 2.72. The van der Waals surface area contributed by atoms with Crippen LogP contribution < -0.4 is 0 Å².